The summed E-state index contributed by atoms with van der Waals surface area (Å²) in [6, 6.07) is 0. The first-order valence-corrected chi connectivity index (χ1v) is 3.34. The van der Waals surface area contributed by atoms with E-state index in [2.05, 4.69) is 5.32 Å². The van der Waals surface area contributed by atoms with Gasteiger partial charge in [-0.15, -0.1) is 24.8 Å². The van der Waals surface area contributed by atoms with Crippen LogP contribution < -0.4 is 11.1 Å². The summed E-state index contributed by atoms with van der Waals surface area (Å²) in [5.41, 5.74) is 5.34. The zero-order valence-electron chi connectivity index (χ0n) is 6.01. The fourth-order valence-corrected chi connectivity index (χ4v) is 0.959. The first-order valence-electron chi connectivity index (χ1n) is 3.34. The van der Waals surface area contributed by atoms with Crippen molar-refractivity contribution in [3.8, 4) is 0 Å². The Balaban J connectivity index is 0. The second-order valence-electron chi connectivity index (χ2n) is 2.46. The molecule has 0 spiro atoms. The third kappa shape index (κ3) is 4.34. The Morgan fingerprint density at radius 3 is 2.20 bits per heavy atom. The molecule has 4 heteroatoms. The number of hydrogen-bond acceptors (Lipinski definition) is 2. The van der Waals surface area contributed by atoms with Gasteiger partial charge in [-0.1, -0.05) is 0 Å². The summed E-state index contributed by atoms with van der Waals surface area (Å²) < 4.78 is 0. The van der Waals surface area contributed by atoms with Crippen molar-refractivity contribution in [3.05, 3.63) is 0 Å². The molecule has 2 nitrogen and oxygen atoms in total. The molecule has 0 atom stereocenters. The monoisotopic (exact) mass is 186 g/mol. The molecule has 0 aromatic heterocycles. The van der Waals surface area contributed by atoms with Gasteiger partial charge in [0.15, 0.2) is 0 Å². The maximum Gasteiger partial charge on any atom is -0.000825 e. The van der Waals surface area contributed by atoms with Gasteiger partial charge in [0.1, 0.15) is 0 Å². The second-order valence-corrected chi connectivity index (χ2v) is 2.46. The summed E-state index contributed by atoms with van der Waals surface area (Å²) >= 11 is 0. The molecule has 0 amide bonds. The number of halogens is 2. The van der Waals surface area contributed by atoms with Crippen LogP contribution in [0, 0.1) is 5.92 Å². The van der Waals surface area contributed by atoms with Gasteiger partial charge in [-0.05, 0) is 38.4 Å². The van der Waals surface area contributed by atoms with E-state index in [9.17, 15) is 0 Å². The van der Waals surface area contributed by atoms with Crippen LogP contribution in [0.5, 0.6) is 0 Å². The highest BCUT2D eigenvalue weighted by molar-refractivity contribution is 5.85. The Bertz CT molecular complexity index is 66.8. The molecule has 1 heterocycles. The highest BCUT2D eigenvalue weighted by Gasteiger charge is 2.14. The van der Waals surface area contributed by atoms with Crippen molar-refractivity contribution in [2.75, 3.05) is 19.6 Å². The molecule has 0 aliphatic carbocycles. The Morgan fingerprint density at radius 2 is 1.90 bits per heavy atom. The first kappa shape index (κ1) is 13.1. The molecule has 0 aromatic rings. The van der Waals surface area contributed by atoms with Crippen LogP contribution in [0.15, 0.2) is 0 Å². The van der Waals surface area contributed by atoms with E-state index in [0.29, 0.717) is 0 Å². The van der Waals surface area contributed by atoms with Crippen LogP contribution in [-0.2, 0) is 0 Å². The van der Waals surface area contributed by atoms with E-state index in [1.807, 2.05) is 0 Å². The molecule has 1 aliphatic heterocycles. The minimum absolute atomic E-state index is 0. The zero-order valence-corrected chi connectivity index (χ0v) is 7.64. The van der Waals surface area contributed by atoms with Crippen LogP contribution in [-0.4, -0.2) is 19.6 Å². The summed E-state index contributed by atoms with van der Waals surface area (Å²) in [6.07, 6.45) is 2.52. The largest absolute Gasteiger partial charge is 0.330 e. The minimum Gasteiger partial charge on any atom is -0.330 e. The molecular weight excluding hydrogens is 171 g/mol. The molecule has 0 unspecified atom stereocenters. The standard InChI is InChI=1S/C6H14N2.2ClH/c7-3-1-2-6-4-8-5-6;;/h6,8H,1-5,7H2;2*1H. The molecule has 10 heavy (non-hydrogen) atoms. The van der Waals surface area contributed by atoms with Crippen molar-refractivity contribution in [3.63, 3.8) is 0 Å². The minimum atomic E-state index is 0. The lowest BCUT2D eigenvalue weighted by Gasteiger charge is -2.26. The molecule has 0 saturated carbocycles. The van der Waals surface area contributed by atoms with Gasteiger partial charge < -0.3 is 11.1 Å². The Kier molecular flexibility index (Phi) is 9.97. The summed E-state index contributed by atoms with van der Waals surface area (Å²) in [6.45, 7) is 3.30. The van der Waals surface area contributed by atoms with E-state index < -0.39 is 0 Å². The van der Waals surface area contributed by atoms with E-state index in [-0.39, 0.29) is 24.8 Å². The quantitative estimate of drug-likeness (QED) is 0.685. The molecule has 0 aromatic carbocycles. The van der Waals surface area contributed by atoms with Crippen molar-refractivity contribution in [2.45, 2.75) is 12.8 Å². The van der Waals surface area contributed by atoms with Gasteiger partial charge in [0.05, 0.1) is 0 Å². The fourth-order valence-electron chi connectivity index (χ4n) is 0.959. The van der Waals surface area contributed by atoms with Crippen LogP contribution in [0.25, 0.3) is 0 Å². The van der Waals surface area contributed by atoms with E-state index in [0.717, 1.165) is 12.5 Å². The molecule has 1 rings (SSSR count). The SMILES string of the molecule is Cl.Cl.NCCCC1CNC1. The number of nitrogens with one attached hydrogen (secondary N) is 1. The Morgan fingerprint density at radius 1 is 1.30 bits per heavy atom. The first-order chi connectivity index (χ1) is 3.93. The molecule has 1 aliphatic rings. The lowest BCUT2D eigenvalue weighted by Crippen LogP contribution is -2.41. The van der Waals surface area contributed by atoms with Gasteiger partial charge in [0, 0.05) is 0 Å². The van der Waals surface area contributed by atoms with Crippen molar-refractivity contribution in [2.24, 2.45) is 11.7 Å². The predicted molar refractivity (Wildman–Crippen MR) is 49.1 cm³/mol. The topological polar surface area (TPSA) is 38.0 Å². The van der Waals surface area contributed by atoms with E-state index >= 15 is 0 Å². The van der Waals surface area contributed by atoms with Crippen LogP contribution in [0.2, 0.25) is 0 Å². The van der Waals surface area contributed by atoms with Crippen LogP contribution >= 0.6 is 24.8 Å². The van der Waals surface area contributed by atoms with Gasteiger partial charge in [0.2, 0.25) is 0 Å². The van der Waals surface area contributed by atoms with Crippen molar-refractivity contribution < 1.29 is 0 Å². The molecule has 3 N–H and O–H groups in total. The summed E-state index contributed by atoms with van der Waals surface area (Å²) in [4.78, 5) is 0. The second kappa shape index (κ2) is 7.61. The fraction of sp³-hybridized carbons (Fsp3) is 1.00. The van der Waals surface area contributed by atoms with Crippen molar-refractivity contribution in [1.82, 2.24) is 5.32 Å². The molecular formula is C6H16Cl2N2. The van der Waals surface area contributed by atoms with Crippen molar-refractivity contribution >= 4 is 24.8 Å². The van der Waals surface area contributed by atoms with E-state index in [1.165, 1.54) is 25.9 Å². The number of nitrogens with two attached hydrogens (primary N) is 1. The Labute approximate surface area is 74.8 Å². The molecule has 0 radical (unpaired) electrons. The maximum atomic E-state index is 5.34. The average molecular weight is 187 g/mol. The predicted octanol–water partition coefficient (Wildman–Crippen LogP) is 0.788. The Hall–Kier alpha value is 0.500. The van der Waals surface area contributed by atoms with Gasteiger partial charge in [-0.3, -0.25) is 0 Å². The van der Waals surface area contributed by atoms with Gasteiger partial charge >= 0.3 is 0 Å². The molecule has 64 valence electrons. The van der Waals surface area contributed by atoms with Crippen LogP contribution in [0.4, 0.5) is 0 Å². The number of rotatable bonds is 3. The lowest BCUT2D eigenvalue weighted by atomic mass is 9.98. The smallest absolute Gasteiger partial charge is 0.000825 e. The summed E-state index contributed by atoms with van der Waals surface area (Å²) in [5, 5.41) is 3.23. The maximum absolute atomic E-state index is 5.34. The van der Waals surface area contributed by atoms with Crippen LogP contribution in [0.1, 0.15) is 12.8 Å². The van der Waals surface area contributed by atoms with Gasteiger partial charge in [-0.25, -0.2) is 0 Å². The van der Waals surface area contributed by atoms with Crippen LogP contribution in [0.3, 0.4) is 0 Å². The summed E-state index contributed by atoms with van der Waals surface area (Å²) in [7, 11) is 0. The molecule has 0 bridgehead atoms. The van der Waals surface area contributed by atoms with Crippen molar-refractivity contribution in [1.29, 1.82) is 0 Å². The summed E-state index contributed by atoms with van der Waals surface area (Å²) in [5.74, 6) is 0.943. The van der Waals surface area contributed by atoms with E-state index in [1.54, 1.807) is 0 Å². The zero-order chi connectivity index (χ0) is 5.82. The molecule has 1 fully saturated rings. The van der Waals surface area contributed by atoms with Gasteiger partial charge in [-0.2, -0.15) is 0 Å². The third-order valence-corrected chi connectivity index (χ3v) is 1.68. The normalized spacial score (nSPS) is 16.5. The molecule has 1 saturated heterocycles. The third-order valence-electron chi connectivity index (χ3n) is 1.68. The highest BCUT2D eigenvalue weighted by Crippen LogP contribution is 2.09. The van der Waals surface area contributed by atoms with E-state index in [4.69, 9.17) is 5.73 Å². The lowest BCUT2D eigenvalue weighted by molar-refractivity contribution is 0.322. The van der Waals surface area contributed by atoms with Gasteiger partial charge in [0.25, 0.3) is 0 Å². The highest BCUT2D eigenvalue weighted by atomic mass is 35.5. The number of hydrogen-bond donors (Lipinski definition) is 2. The average Bonchev–Trinajstić information content (AvgIpc) is 1.63.